The smallest absolute Gasteiger partial charge is 0.254 e. The minimum Gasteiger partial charge on any atom is -0.486 e. The quantitative estimate of drug-likeness (QED) is 0.735. The summed E-state index contributed by atoms with van der Waals surface area (Å²) in [5, 5.41) is -0.314. The first-order chi connectivity index (χ1) is 11.4. The van der Waals surface area contributed by atoms with Gasteiger partial charge >= 0.3 is 0 Å². The number of benzene rings is 1. The van der Waals surface area contributed by atoms with Gasteiger partial charge in [-0.3, -0.25) is 9.59 Å². The molecule has 1 fully saturated rings. The van der Waals surface area contributed by atoms with Crippen LogP contribution in [0.4, 0.5) is 14.5 Å². The summed E-state index contributed by atoms with van der Waals surface area (Å²) in [6, 6.07) is 0. The van der Waals surface area contributed by atoms with Crippen molar-refractivity contribution in [2.24, 2.45) is 5.73 Å². The zero-order chi connectivity index (χ0) is 17.2. The fraction of sp³-hybridized carbons (Fsp3) is 0.333. The third-order valence-corrected chi connectivity index (χ3v) is 4.66. The second kappa shape index (κ2) is 4.67. The lowest BCUT2D eigenvalue weighted by atomic mass is 9.94. The first-order valence-electron chi connectivity index (χ1n) is 7.24. The summed E-state index contributed by atoms with van der Waals surface area (Å²) in [5.41, 5.74) is 8.29. The largest absolute Gasteiger partial charge is 0.486 e. The predicted octanol–water partition coefficient (Wildman–Crippen LogP) is 0.469. The third kappa shape index (κ3) is 1.67. The Morgan fingerprint density at radius 3 is 2.67 bits per heavy atom. The van der Waals surface area contributed by atoms with E-state index >= 15 is 0 Å². The molecule has 4 rings (SSSR count). The standard InChI is InChI=1S/C15H13F2N3O4/c16-8-9(17)13-11-7(10(8)18)12(21)6(14(19)22)3-20(11)15(5-24-13)1-2-23-4-15/h3H,1-2,4-5,18H2,(H2,19,22). The van der Waals surface area contributed by atoms with E-state index in [2.05, 4.69) is 0 Å². The van der Waals surface area contributed by atoms with Gasteiger partial charge in [-0.2, -0.15) is 4.39 Å². The molecule has 1 saturated heterocycles. The Labute approximate surface area is 133 Å². The third-order valence-electron chi connectivity index (χ3n) is 4.66. The highest BCUT2D eigenvalue weighted by Crippen LogP contribution is 2.43. The molecule has 1 aromatic heterocycles. The molecule has 7 nitrogen and oxygen atoms in total. The minimum absolute atomic E-state index is 0.0104. The molecule has 24 heavy (non-hydrogen) atoms. The van der Waals surface area contributed by atoms with Crippen LogP contribution >= 0.6 is 0 Å². The maximum atomic E-state index is 14.3. The molecule has 2 aromatic rings. The fourth-order valence-corrected chi connectivity index (χ4v) is 3.38. The molecule has 4 N–H and O–H groups in total. The molecule has 9 heteroatoms. The Kier molecular flexibility index (Phi) is 2.89. The van der Waals surface area contributed by atoms with Crippen LogP contribution in [0.2, 0.25) is 0 Å². The lowest BCUT2D eigenvalue weighted by Gasteiger charge is -2.37. The number of hydrogen-bond acceptors (Lipinski definition) is 5. The van der Waals surface area contributed by atoms with Crippen molar-refractivity contribution in [2.45, 2.75) is 12.0 Å². The Morgan fingerprint density at radius 2 is 2.04 bits per heavy atom. The van der Waals surface area contributed by atoms with E-state index < -0.39 is 39.9 Å². The van der Waals surface area contributed by atoms with Gasteiger partial charge in [0, 0.05) is 12.8 Å². The second-order valence-corrected chi connectivity index (χ2v) is 6.02. The fourth-order valence-electron chi connectivity index (χ4n) is 3.38. The number of nitrogen functional groups attached to an aromatic ring is 1. The normalized spacial score (nSPS) is 22.1. The maximum absolute atomic E-state index is 14.3. The van der Waals surface area contributed by atoms with Crippen LogP contribution in [0.5, 0.6) is 5.75 Å². The van der Waals surface area contributed by atoms with Crippen LogP contribution in [0.1, 0.15) is 16.8 Å². The number of pyridine rings is 1. The molecule has 0 bridgehead atoms. The van der Waals surface area contributed by atoms with E-state index in [9.17, 15) is 18.4 Å². The number of nitrogens with zero attached hydrogens (tertiary/aromatic N) is 1. The number of amides is 1. The number of carbonyl (C=O) groups excluding carboxylic acids is 1. The summed E-state index contributed by atoms with van der Waals surface area (Å²) in [4.78, 5) is 24.2. The SMILES string of the molecule is NC(=O)c1cn2c3c(c(F)c(F)c(N)c3c1=O)OCC21CCOC1. The zero-order valence-electron chi connectivity index (χ0n) is 12.4. The van der Waals surface area contributed by atoms with Crippen molar-refractivity contribution in [3.05, 3.63) is 33.6 Å². The molecule has 3 heterocycles. The minimum atomic E-state index is -1.39. The Balaban J connectivity index is 2.25. The molecule has 1 spiro atoms. The molecule has 126 valence electrons. The highest BCUT2D eigenvalue weighted by atomic mass is 19.2. The number of fused-ring (bicyclic) bond motifs is 1. The van der Waals surface area contributed by atoms with E-state index in [0.29, 0.717) is 13.0 Å². The van der Waals surface area contributed by atoms with Crippen LogP contribution in [0, 0.1) is 11.6 Å². The van der Waals surface area contributed by atoms with Crippen LogP contribution in [0.3, 0.4) is 0 Å². The van der Waals surface area contributed by atoms with Gasteiger partial charge in [0.2, 0.25) is 11.2 Å². The van der Waals surface area contributed by atoms with Crippen LogP contribution < -0.4 is 21.6 Å². The van der Waals surface area contributed by atoms with Gasteiger partial charge in [-0.05, 0) is 6.42 Å². The van der Waals surface area contributed by atoms with E-state index in [0.717, 1.165) is 0 Å². The zero-order valence-corrected chi connectivity index (χ0v) is 12.4. The number of anilines is 1. The number of primary amides is 1. The van der Waals surface area contributed by atoms with E-state index in [-0.39, 0.29) is 29.7 Å². The van der Waals surface area contributed by atoms with Crippen LogP contribution in [-0.4, -0.2) is 30.3 Å². The van der Waals surface area contributed by atoms with Gasteiger partial charge in [0.05, 0.1) is 17.7 Å². The topological polar surface area (TPSA) is 110 Å². The van der Waals surface area contributed by atoms with Crippen LogP contribution in [0.25, 0.3) is 10.9 Å². The van der Waals surface area contributed by atoms with Gasteiger partial charge in [-0.15, -0.1) is 0 Å². The summed E-state index contributed by atoms with van der Waals surface area (Å²) in [6.07, 6.45) is 1.77. The van der Waals surface area contributed by atoms with E-state index in [1.165, 1.54) is 10.8 Å². The Morgan fingerprint density at radius 1 is 1.29 bits per heavy atom. The van der Waals surface area contributed by atoms with E-state index in [1.54, 1.807) is 0 Å². The number of rotatable bonds is 1. The molecular weight excluding hydrogens is 324 g/mol. The van der Waals surface area contributed by atoms with Gasteiger partial charge in [-0.1, -0.05) is 0 Å². The average Bonchev–Trinajstić information content (AvgIpc) is 3.01. The van der Waals surface area contributed by atoms with Crippen LogP contribution in [0.15, 0.2) is 11.0 Å². The second-order valence-electron chi connectivity index (χ2n) is 6.02. The molecule has 1 unspecified atom stereocenters. The summed E-state index contributed by atoms with van der Waals surface area (Å²) in [7, 11) is 0. The average molecular weight is 337 g/mol. The van der Waals surface area contributed by atoms with Crippen molar-refractivity contribution >= 4 is 22.5 Å². The summed E-state index contributed by atoms with van der Waals surface area (Å²) in [5.74, 6) is -4.03. The van der Waals surface area contributed by atoms with Crippen molar-refractivity contribution in [1.82, 2.24) is 4.57 Å². The number of hydrogen-bond donors (Lipinski definition) is 2. The molecular formula is C15H13F2N3O4. The van der Waals surface area contributed by atoms with Gasteiger partial charge in [0.1, 0.15) is 23.2 Å². The van der Waals surface area contributed by atoms with Gasteiger partial charge in [0.15, 0.2) is 11.6 Å². The molecule has 1 aromatic carbocycles. The van der Waals surface area contributed by atoms with Gasteiger partial charge in [0.25, 0.3) is 5.91 Å². The van der Waals surface area contributed by atoms with Crippen molar-refractivity contribution in [1.29, 1.82) is 0 Å². The molecule has 2 aliphatic rings. The highest BCUT2D eigenvalue weighted by Gasteiger charge is 2.44. The summed E-state index contributed by atoms with van der Waals surface area (Å²) in [6.45, 7) is 0.676. The predicted molar refractivity (Wildman–Crippen MR) is 80.0 cm³/mol. The number of halogens is 2. The molecule has 1 atom stereocenters. The molecule has 0 radical (unpaired) electrons. The summed E-state index contributed by atoms with van der Waals surface area (Å²) < 4.78 is 40.7. The lowest BCUT2D eigenvalue weighted by Crippen LogP contribution is -2.45. The monoisotopic (exact) mass is 337 g/mol. The van der Waals surface area contributed by atoms with Crippen molar-refractivity contribution < 1.29 is 23.0 Å². The van der Waals surface area contributed by atoms with Gasteiger partial charge in [-0.25, -0.2) is 4.39 Å². The number of nitrogens with two attached hydrogens (primary N) is 2. The number of ether oxygens (including phenoxy) is 2. The van der Waals surface area contributed by atoms with Gasteiger partial charge < -0.3 is 25.5 Å². The first-order valence-corrected chi connectivity index (χ1v) is 7.24. The van der Waals surface area contributed by atoms with E-state index in [4.69, 9.17) is 20.9 Å². The van der Waals surface area contributed by atoms with E-state index in [1.807, 2.05) is 0 Å². The highest BCUT2D eigenvalue weighted by molar-refractivity contribution is 6.01. The Bertz CT molecular complexity index is 964. The molecule has 0 saturated carbocycles. The van der Waals surface area contributed by atoms with Crippen molar-refractivity contribution in [3.8, 4) is 5.75 Å². The number of carbonyl (C=O) groups is 1. The first kappa shape index (κ1) is 14.9. The van der Waals surface area contributed by atoms with Crippen LogP contribution in [-0.2, 0) is 10.3 Å². The Hall–Kier alpha value is -2.68. The molecule has 2 aliphatic heterocycles. The number of aromatic nitrogens is 1. The summed E-state index contributed by atoms with van der Waals surface area (Å²) >= 11 is 0. The molecule has 1 amide bonds. The van der Waals surface area contributed by atoms with Crippen molar-refractivity contribution in [3.63, 3.8) is 0 Å². The lowest BCUT2D eigenvalue weighted by molar-refractivity contribution is 0.0965. The van der Waals surface area contributed by atoms with Crippen molar-refractivity contribution in [2.75, 3.05) is 25.6 Å². The maximum Gasteiger partial charge on any atom is 0.254 e. The molecule has 0 aliphatic carbocycles.